The summed E-state index contributed by atoms with van der Waals surface area (Å²) in [5.41, 5.74) is 3.82. The van der Waals surface area contributed by atoms with E-state index < -0.39 is 0 Å². The van der Waals surface area contributed by atoms with Crippen molar-refractivity contribution >= 4 is 0 Å². The molecular formula is C21H29NO. The van der Waals surface area contributed by atoms with Crippen LogP contribution in [0, 0.1) is 0 Å². The normalized spacial score (nSPS) is 10.7. The molecule has 0 unspecified atom stereocenters. The molecule has 0 saturated heterocycles. The molecule has 1 aromatic carbocycles. The number of rotatable bonds is 10. The van der Waals surface area contributed by atoms with Gasteiger partial charge in [0.1, 0.15) is 5.75 Å². The van der Waals surface area contributed by atoms with Crippen LogP contribution in [0.3, 0.4) is 0 Å². The van der Waals surface area contributed by atoms with Gasteiger partial charge < -0.3 is 4.74 Å². The van der Waals surface area contributed by atoms with Gasteiger partial charge in [-0.05, 0) is 55.0 Å². The van der Waals surface area contributed by atoms with Crippen LogP contribution in [0.2, 0.25) is 0 Å². The zero-order valence-electron chi connectivity index (χ0n) is 14.6. The molecule has 0 saturated carbocycles. The third-order valence-electron chi connectivity index (χ3n) is 4.14. The summed E-state index contributed by atoms with van der Waals surface area (Å²) in [7, 11) is 0. The maximum Gasteiger partial charge on any atom is 0.119 e. The average molecular weight is 311 g/mol. The van der Waals surface area contributed by atoms with Crippen LogP contribution < -0.4 is 4.74 Å². The maximum absolute atomic E-state index is 5.79. The topological polar surface area (TPSA) is 22.1 Å². The lowest BCUT2D eigenvalue weighted by Crippen LogP contribution is -1.98. The second kappa shape index (κ2) is 10.0. The van der Waals surface area contributed by atoms with Crippen LogP contribution in [0.5, 0.6) is 5.75 Å². The van der Waals surface area contributed by atoms with Crippen molar-refractivity contribution < 1.29 is 4.74 Å². The molecule has 0 aliphatic heterocycles. The van der Waals surface area contributed by atoms with Crippen molar-refractivity contribution in [3.05, 3.63) is 59.4 Å². The van der Waals surface area contributed by atoms with E-state index in [-0.39, 0.29) is 0 Å². The highest BCUT2D eigenvalue weighted by atomic mass is 16.5. The van der Waals surface area contributed by atoms with Gasteiger partial charge in [-0.15, -0.1) is 0 Å². The first-order chi connectivity index (χ1) is 11.3. The lowest BCUT2D eigenvalue weighted by Gasteiger charge is -2.07. The molecule has 2 aromatic rings. The minimum Gasteiger partial charge on any atom is -0.494 e. The summed E-state index contributed by atoms with van der Waals surface area (Å²) in [5.74, 6) is 0.985. The molecule has 0 bridgehead atoms. The molecule has 1 heterocycles. The third-order valence-corrected chi connectivity index (χ3v) is 4.14. The van der Waals surface area contributed by atoms with Crippen LogP contribution >= 0.6 is 0 Å². The Morgan fingerprint density at radius 1 is 0.826 bits per heavy atom. The van der Waals surface area contributed by atoms with Gasteiger partial charge in [0.05, 0.1) is 6.61 Å². The molecule has 23 heavy (non-hydrogen) atoms. The van der Waals surface area contributed by atoms with E-state index in [1.165, 1.54) is 30.4 Å². The van der Waals surface area contributed by atoms with Crippen LogP contribution in [0.15, 0.2) is 42.6 Å². The number of nitrogens with zero attached hydrogens (tertiary/aromatic N) is 1. The zero-order valence-corrected chi connectivity index (χ0v) is 14.6. The second-order valence-electron chi connectivity index (χ2n) is 6.06. The first kappa shape index (κ1) is 17.5. The van der Waals surface area contributed by atoms with E-state index in [1.807, 2.05) is 6.20 Å². The van der Waals surface area contributed by atoms with Crippen molar-refractivity contribution in [1.82, 2.24) is 4.98 Å². The quantitative estimate of drug-likeness (QED) is 0.549. The molecule has 2 nitrogen and oxygen atoms in total. The van der Waals surface area contributed by atoms with Gasteiger partial charge in [-0.2, -0.15) is 0 Å². The molecule has 1 aromatic heterocycles. The fraction of sp³-hybridized carbons (Fsp3) is 0.476. The minimum atomic E-state index is 0.828. The monoisotopic (exact) mass is 311 g/mol. The first-order valence-corrected chi connectivity index (χ1v) is 8.97. The van der Waals surface area contributed by atoms with E-state index in [2.05, 4.69) is 55.2 Å². The smallest absolute Gasteiger partial charge is 0.119 e. The van der Waals surface area contributed by atoms with Crippen LogP contribution in [0.25, 0.3) is 0 Å². The maximum atomic E-state index is 5.79. The Balaban J connectivity index is 1.73. The van der Waals surface area contributed by atoms with E-state index >= 15 is 0 Å². The number of pyridine rings is 1. The van der Waals surface area contributed by atoms with Crippen LogP contribution in [-0.4, -0.2) is 11.6 Å². The number of ether oxygens (including phenoxy) is 1. The van der Waals surface area contributed by atoms with Crippen molar-refractivity contribution in [2.75, 3.05) is 6.61 Å². The summed E-state index contributed by atoms with van der Waals surface area (Å²) in [4.78, 5) is 4.46. The van der Waals surface area contributed by atoms with Gasteiger partial charge >= 0.3 is 0 Å². The van der Waals surface area contributed by atoms with Gasteiger partial charge in [0.15, 0.2) is 0 Å². The standard InChI is InChI=1S/C21H29NO/c1-3-5-6-7-16-23-21-14-11-18(12-15-21)8-9-19-10-13-20(4-2)22-17-19/h10-15,17H,3-9,16H2,1-2H3. The number of hydrogen-bond acceptors (Lipinski definition) is 2. The fourth-order valence-corrected chi connectivity index (χ4v) is 2.57. The molecule has 124 valence electrons. The van der Waals surface area contributed by atoms with Crippen molar-refractivity contribution in [2.24, 2.45) is 0 Å². The SMILES string of the molecule is CCCCCCOc1ccc(CCc2ccc(CC)nc2)cc1. The molecule has 0 fully saturated rings. The summed E-state index contributed by atoms with van der Waals surface area (Å²) < 4.78 is 5.79. The second-order valence-corrected chi connectivity index (χ2v) is 6.06. The molecule has 2 heteroatoms. The minimum absolute atomic E-state index is 0.828. The molecule has 0 spiro atoms. The average Bonchev–Trinajstić information content (AvgIpc) is 2.61. The van der Waals surface area contributed by atoms with Crippen LogP contribution in [-0.2, 0) is 19.3 Å². The number of benzene rings is 1. The molecule has 0 amide bonds. The molecule has 0 N–H and O–H groups in total. The summed E-state index contributed by atoms with van der Waals surface area (Å²) in [5, 5.41) is 0. The lowest BCUT2D eigenvalue weighted by molar-refractivity contribution is 0.305. The summed E-state index contributed by atoms with van der Waals surface area (Å²) in [6.45, 7) is 5.19. The lowest BCUT2D eigenvalue weighted by atomic mass is 10.1. The van der Waals surface area contributed by atoms with Crippen LogP contribution in [0.1, 0.15) is 56.4 Å². The molecule has 0 aliphatic rings. The molecular weight excluding hydrogens is 282 g/mol. The van der Waals surface area contributed by atoms with Crippen molar-refractivity contribution in [1.29, 1.82) is 0 Å². The zero-order chi connectivity index (χ0) is 16.3. The Morgan fingerprint density at radius 2 is 1.57 bits per heavy atom. The van der Waals surface area contributed by atoms with Gasteiger partial charge in [-0.1, -0.05) is 51.3 Å². The Bertz CT molecular complexity index is 545. The van der Waals surface area contributed by atoms with Gasteiger partial charge in [-0.3, -0.25) is 4.98 Å². The van der Waals surface area contributed by atoms with Gasteiger partial charge in [0.2, 0.25) is 0 Å². The predicted octanol–water partition coefficient (Wildman–Crippen LogP) is 5.39. The van der Waals surface area contributed by atoms with Crippen LogP contribution in [0.4, 0.5) is 0 Å². The summed E-state index contributed by atoms with van der Waals surface area (Å²) >= 11 is 0. The molecule has 2 rings (SSSR count). The number of aryl methyl sites for hydroxylation is 3. The van der Waals surface area contributed by atoms with Crippen molar-refractivity contribution in [3.63, 3.8) is 0 Å². The summed E-state index contributed by atoms with van der Waals surface area (Å²) in [6.07, 6.45) is 10.1. The highest BCUT2D eigenvalue weighted by Gasteiger charge is 1.99. The highest BCUT2D eigenvalue weighted by molar-refractivity contribution is 5.28. The number of unbranched alkanes of at least 4 members (excludes halogenated alkanes) is 3. The van der Waals surface area contributed by atoms with E-state index in [0.29, 0.717) is 0 Å². The first-order valence-electron chi connectivity index (χ1n) is 8.97. The number of aromatic nitrogens is 1. The molecule has 0 aliphatic carbocycles. The van der Waals surface area contributed by atoms with Gasteiger partial charge in [0.25, 0.3) is 0 Å². The largest absolute Gasteiger partial charge is 0.494 e. The highest BCUT2D eigenvalue weighted by Crippen LogP contribution is 2.15. The Hall–Kier alpha value is -1.83. The fourth-order valence-electron chi connectivity index (χ4n) is 2.57. The predicted molar refractivity (Wildman–Crippen MR) is 97.1 cm³/mol. The van der Waals surface area contributed by atoms with Gasteiger partial charge in [0, 0.05) is 11.9 Å². The number of hydrogen-bond donors (Lipinski definition) is 0. The van der Waals surface area contributed by atoms with E-state index in [0.717, 1.165) is 43.7 Å². The van der Waals surface area contributed by atoms with Gasteiger partial charge in [-0.25, -0.2) is 0 Å². The van der Waals surface area contributed by atoms with E-state index in [4.69, 9.17) is 4.74 Å². The van der Waals surface area contributed by atoms with Crippen molar-refractivity contribution in [2.45, 2.75) is 58.8 Å². The Labute approximate surface area is 140 Å². The Morgan fingerprint density at radius 3 is 2.22 bits per heavy atom. The molecule has 0 atom stereocenters. The van der Waals surface area contributed by atoms with E-state index in [1.54, 1.807) is 0 Å². The molecule has 0 radical (unpaired) electrons. The third kappa shape index (κ3) is 6.43. The Kier molecular flexibility index (Phi) is 7.65. The summed E-state index contributed by atoms with van der Waals surface area (Å²) in [6, 6.07) is 12.9. The van der Waals surface area contributed by atoms with E-state index in [9.17, 15) is 0 Å². The van der Waals surface area contributed by atoms with Crippen molar-refractivity contribution in [3.8, 4) is 5.75 Å².